The maximum absolute atomic E-state index is 9.24. The zero-order valence-electron chi connectivity index (χ0n) is 3.47. The van der Waals surface area contributed by atoms with Crippen LogP contribution < -0.4 is 56.5 Å². The maximum atomic E-state index is 9.24. The van der Waals surface area contributed by atoms with Crippen LogP contribution in [-0.4, -0.2) is 22.0 Å². The van der Waals surface area contributed by atoms with Gasteiger partial charge in [0, 0.05) is 0 Å². The Balaban J connectivity index is 0. The molecule has 0 rings (SSSR count). The number of carbonyl (C=O) groups excluding carboxylic acids is 1. The minimum Gasteiger partial charge on any atom is 1.00 e. The van der Waals surface area contributed by atoms with Crippen LogP contribution in [0.5, 0.6) is 0 Å². The van der Waals surface area contributed by atoms with Gasteiger partial charge in [0.25, 0.3) is 0 Å². The van der Waals surface area contributed by atoms with Gasteiger partial charge in [-0.2, -0.15) is 0 Å². The molecule has 0 N–H and O–H groups in total. The van der Waals surface area contributed by atoms with Gasteiger partial charge < -0.3 is 0 Å². The minimum absolute atomic E-state index is 0. The molecular weight excluding hydrogens is 174 g/mol. The largest absolute Gasteiger partial charge is 1.00 e. The Kier molecular flexibility index (Phi) is 11.7. The van der Waals surface area contributed by atoms with Gasteiger partial charge in [-0.1, -0.05) is 0 Å². The number of rotatable bonds is 1. The average molecular weight is 177 g/mol. The third-order valence-corrected chi connectivity index (χ3v) is 0.671. The molecule has 0 spiro atoms. The van der Waals surface area contributed by atoms with Crippen LogP contribution in [0, 0.1) is 0 Å². The van der Waals surface area contributed by atoms with E-state index in [0.29, 0.717) is 0 Å². The van der Waals surface area contributed by atoms with Crippen molar-refractivity contribution in [3.05, 3.63) is 0 Å². The van der Waals surface area contributed by atoms with E-state index >= 15 is 0 Å². The number of carboxylic acid groups (broad SMARTS) is 1. The second-order valence-corrected chi connectivity index (χ2v) is 1.19. The molecule has 0 heterocycles. The van der Waals surface area contributed by atoms with E-state index in [1.807, 2.05) is 16.0 Å². The van der Waals surface area contributed by atoms with E-state index in [0.717, 1.165) is 0 Å². The standard InChI is InChI=1S/C2H4O2Se.K/c3-2(4)1-5;/h5H,1H2,(H,3,4);/q;+1/p-1. The smallest absolute Gasteiger partial charge is 1.00 e. The number of carboxylic acids is 1. The third-order valence-electron chi connectivity index (χ3n) is 0.129. The summed E-state index contributed by atoms with van der Waals surface area (Å²) in [5.41, 5.74) is 0. The van der Waals surface area contributed by atoms with Crippen LogP contribution in [0.4, 0.5) is 0 Å². The van der Waals surface area contributed by atoms with E-state index in [-0.39, 0.29) is 56.7 Å². The van der Waals surface area contributed by atoms with Crippen LogP contribution in [0.1, 0.15) is 0 Å². The molecule has 0 atom stereocenters. The number of carbonyl (C=O) groups is 1. The summed E-state index contributed by atoms with van der Waals surface area (Å²) in [6.45, 7) is 0. The Hall–Kier alpha value is 1.63. The van der Waals surface area contributed by atoms with Crippen LogP contribution in [0.25, 0.3) is 0 Å². The van der Waals surface area contributed by atoms with Gasteiger partial charge in [-0.25, -0.2) is 0 Å². The summed E-state index contributed by atoms with van der Waals surface area (Å²) in [4.78, 5) is 9.24. The van der Waals surface area contributed by atoms with Gasteiger partial charge >= 0.3 is 88.6 Å². The molecule has 0 amide bonds. The number of hydrogen-bond donors (Lipinski definition) is 0. The molecule has 0 aliphatic carbocycles. The maximum Gasteiger partial charge on any atom is 1.00 e. The molecule has 0 unspecified atom stereocenters. The van der Waals surface area contributed by atoms with E-state index in [1.165, 1.54) is 0 Å². The van der Waals surface area contributed by atoms with Gasteiger partial charge in [0.2, 0.25) is 0 Å². The first kappa shape index (κ1) is 10.6. The Morgan fingerprint density at radius 1 is 1.83 bits per heavy atom. The summed E-state index contributed by atoms with van der Waals surface area (Å²) in [6.07, 6.45) is 0. The molecule has 4 heteroatoms. The molecule has 0 radical (unpaired) electrons. The SMILES string of the molecule is O=C([O-])C[SeH].[K+]. The minimum atomic E-state index is -1.02. The second-order valence-electron chi connectivity index (χ2n) is 0.530. The quantitative estimate of drug-likeness (QED) is 0.376. The topological polar surface area (TPSA) is 40.1 Å². The molecule has 0 aliphatic heterocycles. The fraction of sp³-hybridized carbons (Fsp3) is 0.500. The number of hydrogen-bond acceptors (Lipinski definition) is 2. The third kappa shape index (κ3) is 9.16. The molecule has 2 nitrogen and oxygen atoms in total. The van der Waals surface area contributed by atoms with Crippen LogP contribution in [0.15, 0.2) is 0 Å². The van der Waals surface area contributed by atoms with Gasteiger partial charge in [0.15, 0.2) is 0 Å². The van der Waals surface area contributed by atoms with Crippen LogP contribution in [0.3, 0.4) is 0 Å². The van der Waals surface area contributed by atoms with Gasteiger partial charge in [0.1, 0.15) is 0 Å². The van der Waals surface area contributed by atoms with Crippen molar-refractivity contribution in [1.82, 2.24) is 0 Å². The van der Waals surface area contributed by atoms with Crippen molar-refractivity contribution in [3.8, 4) is 0 Å². The molecule has 0 aromatic carbocycles. The molecule has 0 aromatic rings. The van der Waals surface area contributed by atoms with Crippen molar-refractivity contribution in [2.24, 2.45) is 0 Å². The molecule has 6 heavy (non-hydrogen) atoms. The zero-order valence-corrected chi connectivity index (χ0v) is 8.47. The van der Waals surface area contributed by atoms with Crippen LogP contribution in [-0.2, 0) is 4.79 Å². The predicted molar refractivity (Wildman–Crippen MR) is 17.0 cm³/mol. The molecule has 0 saturated carbocycles. The first-order valence-corrected chi connectivity index (χ1v) is 2.40. The molecule has 30 valence electrons. The van der Waals surface area contributed by atoms with Crippen molar-refractivity contribution < 1.29 is 61.3 Å². The fourth-order valence-corrected chi connectivity index (χ4v) is 0. The summed E-state index contributed by atoms with van der Waals surface area (Å²) in [5.74, 6) is -1.02. The molecule has 0 bridgehead atoms. The van der Waals surface area contributed by atoms with E-state index in [1.54, 1.807) is 0 Å². The summed E-state index contributed by atoms with van der Waals surface area (Å²) >= 11 is 1.91. The summed E-state index contributed by atoms with van der Waals surface area (Å²) in [5, 5.41) is 9.29. The van der Waals surface area contributed by atoms with Crippen molar-refractivity contribution in [1.29, 1.82) is 0 Å². The van der Waals surface area contributed by atoms with Crippen molar-refractivity contribution in [3.63, 3.8) is 0 Å². The van der Waals surface area contributed by atoms with Gasteiger partial charge in [-0.05, 0) is 0 Å². The average Bonchev–Trinajstić information content (AvgIpc) is 1.38. The monoisotopic (exact) mass is 178 g/mol. The number of aliphatic carboxylic acids is 1. The van der Waals surface area contributed by atoms with Gasteiger partial charge in [-0.3, -0.25) is 0 Å². The Bertz CT molecular complexity index is 46.8. The molecule has 0 aromatic heterocycles. The Morgan fingerprint density at radius 2 is 2.00 bits per heavy atom. The first-order valence-electron chi connectivity index (χ1n) is 1.08. The van der Waals surface area contributed by atoms with Crippen molar-refractivity contribution >= 4 is 22.0 Å². The van der Waals surface area contributed by atoms with E-state index in [4.69, 9.17) is 0 Å². The van der Waals surface area contributed by atoms with E-state index in [2.05, 4.69) is 0 Å². The van der Waals surface area contributed by atoms with E-state index in [9.17, 15) is 9.90 Å². The fourth-order valence-electron chi connectivity index (χ4n) is 0. The van der Waals surface area contributed by atoms with Crippen molar-refractivity contribution in [2.75, 3.05) is 0 Å². The molecule has 0 saturated heterocycles. The normalized spacial score (nSPS) is 6.17. The van der Waals surface area contributed by atoms with E-state index < -0.39 is 5.97 Å². The summed E-state index contributed by atoms with van der Waals surface area (Å²) in [6, 6.07) is 0. The Morgan fingerprint density at radius 3 is 2.00 bits per heavy atom. The molecular formula is C2H3KO2Se. The van der Waals surface area contributed by atoms with Crippen molar-refractivity contribution in [2.45, 2.75) is 5.32 Å². The van der Waals surface area contributed by atoms with Gasteiger partial charge in [-0.15, -0.1) is 0 Å². The first-order chi connectivity index (χ1) is 2.27. The van der Waals surface area contributed by atoms with Crippen LogP contribution in [0.2, 0.25) is 5.32 Å². The van der Waals surface area contributed by atoms with Gasteiger partial charge in [0.05, 0.1) is 0 Å². The Labute approximate surface area is 86.9 Å². The summed E-state index contributed by atoms with van der Waals surface area (Å²) < 4.78 is 0. The summed E-state index contributed by atoms with van der Waals surface area (Å²) in [7, 11) is 0. The zero-order chi connectivity index (χ0) is 4.28. The van der Waals surface area contributed by atoms with Crippen LogP contribution >= 0.6 is 0 Å². The predicted octanol–water partition coefficient (Wildman–Crippen LogP) is -4.94. The second kappa shape index (κ2) is 6.63. The molecule has 0 aliphatic rings. The molecule has 0 fully saturated rings.